The fourth-order valence-electron chi connectivity index (χ4n) is 0.784. The first-order valence-electron chi connectivity index (χ1n) is 3.94. The third kappa shape index (κ3) is 2.12. The average Bonchev–Trinajstić information content (AvgIpc) is 2.27. The highest BCUT2D eigenvalue weighted by molar-refractivity contribution is 5.70. The van der Waals surface area contributed by atoms with Gasteiger partial charge in [-0.25, -0.2) is 24.6 Å². The van der Waals surface area contributed by atoms with Crippen LogP contribution in [-0.2, 0) is 4.74 Å². The van der Waals surface area contributed by atoms with E-state index in [4.69, 9.17) is 4.74 Å². The van der Waals surface area contributed by atoms with Gasteiger partial charge in [-0.1, -0.05) is 0 Å². The van der Waals surface area contributed by atoms with Crippen LogP contribution in [0.3, 0.4) is 0 Å². The molecule has 7 nitrogen and oxygen atoms in total. The molecule has 0 unspecified atom stereocenters. The molecule has 0 spiro atoms. The standard InChI is InChI=1S/C7H11N3O4/c1-7(2,3)14-6(13)10-4(11)8-9-5(10)12/h1-3H3,(H,8,11)(H,9,12). The molecule has 0 amide bonds. The number of nitrogens with one attached hydrogen (secondary N) is 2. The van der Waals surface area contributed by atoms with Crippen molar-refractivity contribution in [2.75, 3.05) is 0 Å². The Bertz CT molecular complexity index is 417. The lowest BCUT2D eigenvalue weighted by atomic mass is 10.2. The fourth-order valence-corrected chi connectivity index (χ4v) is 0.784. The largest absolute Gasteiger partial charge is 0.443 e. The summed E-state index contributed by atoms with van der Waals surface area (Å²) in [4.78, 5) is 33.1. The molecule has 0 aromatic carbocycles. The molecule has 0 bridgehead atoms. The third-order valence-corrected chi connectivity index (χ3v) is 1.26. The highest BCUT2D eigenvalue weighted by Crippen LogP contribution is 2.06. The normalized spacial score (nSPS) is 11.4. The summed E-state index contributed by atoms with van der Waals surface area (Å²) in [5.74, 6) is 0. The van der Waals surface area contributed by atoms with Gasteiger partial charge in [0.1, 0.15) is 5.60 Å². The molecule has 1 aromatic heterocycles. The summed E-state index contributed by atoms with van der Waals surface area (Å²) in [7, 11) is 0. The molecular weight excluding hydrogens is 190 g/mol. The van der Waals surface area contributed by atoms with Crippen molar-refractivity contribution in [2.45, 2.75) is 26.4 Å². The summed E-state index contributed by atoms with van der Waals surface area (Å²) < 4.78 is 5.18. The molecule has 0 atom stereocenters. The lowest BCUT2D eigenvalue weighted by molar-refractivity contribution is 0.0525. The molecule has 0 saturated carbocycles. The van der Waals surface area contributed by atoms with E-state index in [-0.39, 0.29) is 0 Å². The number of nitrogens with zero attached hydrogens (tertiary/aromatic N) is 1. The predicted molar refractivity (Wildman–Crippen MR) is 47.3 cm³/mol. The number of hydrogen-bond acceptors (Lipinski definition) is 4. The van der Waals surface area contributed by atoms with Crippen LogP contribution in [0.25, 0.3) is 0 Å². The number of carbonyl (C=O) groups excluding carboxylic acids is 1. The minimum absolute atomic E-state index is 0.352. The number of H-pyrrole nitrogens is 2. The molecule has 1 heterocycles. The molecule has 0 radical (unpaired) electrons. The van der Waals surface area contributed by atoms with Gasteiger partial charge in [-0.3, -0.25) is 0 Å². The van der Waals surface area contributed by atoms with Crippen molar-refractivity contribution >= 4 is 6.09 Å². The van der Waals surface area contributed by atoms with Crippen molar-refractivity contribution in [1.82, 2.24) is 14.8 Å². The number of aromatic amines is 2. The summed E-state index contributed by atoms with van der Waals surface area (Å²) >= 11 is 0. The zero-order valence-electron chi connectivity index (χ0n) is 8.08. The Labute approximate surface area is 78.7 Å². The quantitative estimate of drug-likeness (QED) is 0.599. The minimum atomic E-state index is -0.995. The van der Waals surface area contributed by atoms with Gasteiger partial charge < -0.3 is 4.74 Å². The smallest absolute Gasteiger partial charge is 0.427 e. The van der Waals surface area contributed by atoms with Crippen LogP contribution in [0.1, 0.15) is 20.8 Å². The second-order valence-corrected chi connectivity index (χ2v) is 3.68. The van der Waals surface area contributed by atoms with E-state index >= 15 is 0 Å². The van der Waals surface area contributed by atoms with Crippen LogP contribution < -0.4 is 11.4 Å². The number of carbonyl (C=O) groups is 1. The minimum Gasteiger partial charge on any atom is -0.443 e. The maximum absolute atomic E-state index is 11.3. The van der Waals surface area contributed by atoms with E-state index in [1.807, 2.05) is 10.2 Å². The summed E-state index contributed by atoms with van der Waals surface area (Å²) in [6.07, 6.45) is -0.995. The van der Waals surface area contributed by atoms with Crippen molar-refractivity contribution in [3.8, 4) is 0 Å². The van der Waals surface area contributed by atoms with Crippen LogP contribution in [0.2, 0.25) is 0 Å². The molecule has 0 saturated heterocycles. The summed E-state index contributed by atoms with van der Waals surface area (Å²) in [6, 6.07) is 0. The summed E-state index contributed by atoms with van der Waals surface area (Å²) in [5, 5.41) is 3.95. The first-order valence-corrected chi connectivity index (χ1v) is 3.94. The van der Waals surface area contributed by atoms with Crippen LogP contribution in [0.15, 0.2) is 9.59 Å². The molecule has 0 aliphatic rings. The average molecular weight is 201 g/mol. The van der Waals surface area contributed by atoms with Gasteiger partial charge in [0.2, 0.25) is 0 Å². The van der Waals surface area contributed by atoms with Gasteiger partial charge in [0.15, 0.2) is 0 Å². The molecule has 14 heavy (non-hydrogen) atoms. The topological polar surface area (TPSA) is 96.9 Å². The zero-order valence-corrected chi connectivity index (χ0v) is 8.08. The Morgan fingerprint density at radius 1 is 1.21 bits per heavy atom. The summed E-state index contributed by atoms with van der Waals surface area (Å²) in [6.45, 7) is 4.91. The first-order chi connectivity index (χ1) is 6.31. The molecule has 0 aliphatic heterocycles. The Kier molecular flexibility index (Phi) is 2.33. The van der Waals surface area contributed by atoms with E-state index in [1.54, 1.807) is 20.8 Å². The van der Waals surface area contributed by atoms with Crippen LogP contribution in [0.4, 0.5) is 4.79 Å². The van der Waals surface area contributed by atoms with Gasteiger partial charge in [0, 0.05) is 0 Å². The molecule has 2 N–H and O–H groups in total. The van der Waals surface area contributed by atoms with E-state index in [9.17, 15) is 14.4 Å². The van der Waals surface area contributed by atoms with E-state index in [1.165, 1.54) is 0 Å². The molecule has 0 aliphatic carbocycles. The Morgan fingerprint density at radius 3 is 2.00 bits per heavy atom. The van der Waals surface area contributed by atoms with Crippen molar-refractivity contribution in [3.05, 3.63) is 21.0 Å². The highest BCUT2D eigenvalue weighted by atomic mass is 16.6. The molecule has 1 rings (SSSR count). The van der Waals surface area contributed by atoms with Crippen LogP contribution >= 0.6 is 0 Å². The predicted octanol–water partition coefficient (Wildman–Crippen LogP) is -0.352. The SMILES string of the molecule is CC(C)(C)OC(=O)n1c(=O)[nH][nH]c1=O. The van der Waals surface area contributed by atoms with Crippen LogP contribution in [0, 0.1) is 0 Å². The Balaban J connectivity index is 3.03. The summed E-state index contributed by atoms with van der Waals surface area (Å²) in [5.41, 5.74) is -2.44. The zero-order chi connectivity index (χ0) is 10.9. The second kappa shape index (κ2) is 3.17. The van der Waals surface area contributed by atoms with Gasteiger partial charge in [0.25, 0.3) is 0 Å². The Hall–Kier alpha value is -1.79. The van der Waals surface area contributed by atoms with E-state index < -0.39 is 23.1 Å². The number of ether oxygens (including phenoxy) is 1. The lowest BCUT2D eigenvalue weighted by Gasteiger charge is -2.18. The van der Waals surface area contributed by atoms with Crippen LogP contribution in [0.5, 0.6) is 0 Å². The van der Waals surface area contributed by atoms with E-state index in [2.05, 4.69) is 0 Å². The van der Waals surface area contributed by atoms with Gasteiger partial charge in [0.05, 0.1) is 0 Å². The molecule has 1 aromatic rings. The molecular formula is C7H11N3O4. The van der Waals surface area contributed by atoms with E-state index in [0.717, 1.165) is 0 Å². The van der Waals surface area contributed by atoms with Gasteiger partial charge in [-0.15, -0.1) is 4.57 Å². The second-order valence-electron chi connectivity index (χ2n) is 3.68. The van der Waals surface area contributed by atoms with Crippen molar-refractivity contribution in [3.63, 3.8) is 0 Å². The van der Waals surface area contributed by atoms with Crippen molar-refractivity contribution in [1.29, 1.82) is 0 Å². The van der Waals surface area contributed by atoms with Crippen molar-refractivity contribution < 1.29 is 9.53 Å². The van der Waals surface area contributed by atoms with Crippen molar-refractivity contribution in [2.24, 2.45) is 0 Å². The lowest BCUT2D eigenvalue weighted by Crippen LogP contribution is -2.37. The molecule has 0 fully saturated rings. The maximum atomic E-state index is 11.3. The maximum Gasteiger partial charge on any atom is 0.427 e. The molecule has 78 valence electrons. The first kappa shape index (κ1) is 10.3. The Morgan fingerprint density at radius 2 is 1.64 bits per heavy atom. The van der Waals surface area contributed by atoms with Gasteiger partial charge in [-0.05, 0) is 20.8 Å². The number of aromatic nitrogens is 3. The monoisotopic (exact) mass is 201 g/mol. The highest BCUT2D eigenvalue weighted by Gasteiger charge is 2.21. The number of rotatable bonds is 0. The number of hydrogen-bond donors (Lipinski definition) is 2. The van der Waals surface area contributed by atoms with E-state index in [0.29, 0.717) is 4.57 Å². The van der Waals surface area contributed by atoms with Gasteiger partial charge in [-0.2, -0.15) is 0 Å². The fraction of sp³-hybridized carbons (Fsp3) is 0.571. The molecule has 7 heteroatoms. The van der Waals surface area contributed by atoms with Gasteiger partial charge >= 0.3 is 17.5 Å². The van der Waals surface area contributed by atoms with Crippen LogP contribution in [-0.4, -0.2) is 26.5 Å². The third-order valence-electron chi connectivity index (χ3n) is 1.26.